The standard InChI is InChI=1S/C15H27N5/c1-12(5-6-20-9-7-19(4)8-10-20)17-15-11-13(2)16-14(3)18-15/h11-12H,5-10H2,1-4H3,(H,16,17,18). The highest BCUT2D eigenvalue weighted by Gasteiger charge is 2.14. The second kappa shape index (κ2) is 6.99. The number of hydrogen-bond donors (Lipinski definition) is 1. The fourth-order valence-corrected chi connectivity index (χ4v) is 2.56. The van der Waals surface area contributed by atoms with E-state index in [1.165, 1.54) is 26.2 Å². The first-order valence-electron chi connectivity index (χ1n) is 7.52. The monoisotopic (exact) mass is 277 g/mol. The van der Waals surface area contributed by atoms with Crippen molar-refractivity contribution in [2.45, 2.75) is 33.2 Å². The third kappa shape index (κ3) is 4.72. The van der Waals surface area contributed by atoms with Crippen molar-refractivity contribution in [3.8, 4) is 0 Å². The smallest absolute Gasteiger partial charge is 0.130 e. The van der Waals surface area contributed by atoms with Crippen molar-refractivity contribution in [2.24, 2.45) is 0 Å². The van der Waals surface area contributed by atoms with Gasteiger partial charge in [-0.3, -0.25) is 0 Å². The van der Waals surface area contributed by atoms with Crippen LogP contribution in [0.5, 0.6) is 0 Å². The maximum Gasteiger partial charge on any atom is 0.130 e. The van der Waals surface area contributed by atoms with Gasteiger partial charge in [0, 0.05) is 50.5 Å². The first-order chi connectivity index (χ1) is 9.52. The summed E-state index contributed by atoms with van der Waals surface area (Å²) in [5.74, 6) is 1.78. The van der Waals surface area contributed by atoms with E-state index in [4.69, 9.17) is 0 Å². The first kappa shape index (κ1) is 15.2. The van der Waals surface area contributed by atoms with E-state index in [2.05, 4.69) is 39.1 Å². The second-order valence-electron chi connectivity index (χ2n) is 5.92. The Morgan fingerprint density at radius 3 is 2.55 bits per heavy atom. The van der Waals surface area contributed by atoms with Crippen LogP contribution in [0, 0.1) is 13.8 Å². The summed E-state index contributed by atoms with van der Waals surface area (Å²) in [6.45, 7) is 12.1. The summed E-state index contributed by atoms with van der Waals surface area (Å²) in [5.41, 5.74) is 1.02. The van der Waals surface area contributed by atoms with Crippen LogP contribution in [0.25, 0.3) is 0 Å². The number of nitrogens with one attached hydrogen (secondary N) is 1. The van der Waals surface area contributed by atoms with Crippen LogP contribution in [0.2, 0.25) is 0 Å². The summed E-state index contributed by atoms with van der Waals surface area (Å²) < 4.78 is 0. The summed E-state index contributed by atoms with van der Waals surface area (Å²) in [6.07, 6.45) is 1.14. The lowest BCUT2D eigenvalue weighted by Gasteiger charge is -2.33. The van der Waals surface area contributed by atoms with Crippen molar-refractivity contribution in [1.29, 1.82) is 0 Å². The molecule has 0 radical (unpaired) electrons. The predicted octanol–water partition coefficient (Wildman–Crippen LogP) is 1.53. The Balaban J connectivity index is 1.76. The van der Waals surface area contributed by atoms with Crippen molar-refractivity contribution < 1.29 is 0 Å². The molecule has 20 heavy (non-hydrogen) atoms. The van der Waals surface area contributed by atoms with E-state index in [1.54, 1.807) is 0 Å². The van der Waals surface area contributed by atoms with Gasteiger partial charge in [-0.1, -0.05) is 0 Å². The highest BCUT2D eigenvalue weighted by Crippen LogP contribution is 2.09. The summed E-state index contributed by atoms with van der Waals surface area (Å²) >= 11 is 0. The van der Waals surface area contributed by atoms with E-state index in [0.717, 1.165) is 30.3 Å². The quantitative estimate of drug-likeness (QED) is 0.884. The molecule has 0 saturated carbocycles. The van der Waals surface area contributed by atoms with Gasteiger partial charge in [0.15, 0.2) is 0 Å². The molecule has 1 aromatic rings. The molecule has 1 saturated heterocycles. The lowest BCUT2D eigenvalue weighted by Crippen LogP contribution is -2.45. The SMILES string of the molecule is Cc1cc(NC(C)CCN2CCN(C)CC2)nc(C)n1. The highest BCUT2D eigenvalue weighted by atomic mass is 15.2. The molecule has 5 nitrogen and oxygen atoms in total. The highest BCUT2D eigenvalue weighted by molar-refractivity contribution is 5.36. The maximum atomic E-state index is 4.44. The average Bonchev–Trinajstić information content (AvgIpc) is 2.37. The van der Waals surface area contributed by atoms with Gasteiger partial charge in [0.1, 0.15) is 11.6 Å². The largest absolute Gasteiger partial charge is 0.367 e. The molecule has 0 amide bonds. The third-order valence-corrected chi connectivity index (χ3v) is 3.83. The number of anilines is 1. The third-order valence-electron chi connectivity index (χ3n) is 3.83. The number of hydrogen-bond acceptors (Lipinski definition) is 5. The van der Waals surface area contributed by atoms with Crippen molar-refractivity contribution in [2.75, 3.05) is 45.1 Å². The molecule has 2 rings (SSSR count). The maximum absolute atomic E-state index is 4.44. The number of likely N-dealkylation sites (N-methyl/N-ethyl adjacent to an activating group) is 1. The molecule has 1 N–H and O–H groups in total. The molecule has 1 atom stereocenters. The normalized spacial score (nSPS) is 19.0. The Labute approximate surface area is 122 Å². The molecule has 1 unspecified atom stereocenters. The average molecular weight is 277 g/mol. The van der Waals surface area contributed by atoms with Gasteiger partial charge in [0.2, 0.25) is 0 Å². The van der Waals surface area contributed by atoms with Crippen LogP contribution in [0.1, 0.15) is 24.9 Å². The predicted molar refractivity (Wildman–Crippen MR) is 83.1 cm³/mol. The zero-order chi connectivity index (χ0) is 14.5. The van der Waals surface area contributed by atoms with Crippen LogP contribution < -0.4 is 5.32 Å². The van der Waals surface area contributed by atoms with Gasteiger partial charge in [-0.05, 0) is 34.2 Å². The first-order valence-corrected chi connectivity index (χ1v) is 7.52. The van der Waals surface area contributed by atoms with Crippen LogP contribution >= 0.6 is 0 Å². The van der Waals surface area contributed by atoms with E-state index in [9.17, 15) is 0 Å². The van der Waals surface area contributed by atoms with Gasteiger partial charge in [-0.15, -0.1) is 0 Å². The van der Waals surface area contributed by atoms with Crippen molar-refractivity contribution in [3.05, 3.63) is 17.6 Å². The Morgan fingerprint density at radius 1 is 1.20 bits per heavy atom. The molecular weight excluding hydrogens is 250 g/mol. The second-order valence-corrected chi connectivity index (χ2v) is 5.92. The van der Waals surface area contributed by atoms with Crippen LogP contribution in [0.15, 0.2) is 6.07 Å². The van der Waals surface area contributed by atoms with Gasteiger partial charge < -0.3 is 15.1 Å². The molecular formula is C15H27N5. The van der Waals surface area contributed by atoms with Gasteiger partial charge >= 0.3 is 0 Å². The lowest BCUT2D eigenvalue weighted by atomic mass is 10.2. The Hall–Kier alpha value is -1.20. The molecule has 1 aromatic heterocycles. The fraction of sp³-hybridized carbons (Fsp3) is 0.733. The van der Waals surface area contributed by atoms with Crippen molar-refractivity contribution in [3.63, 3.8) is 0 Å². The fourth-order valence-electron chi connectivity index (χ4n) is 2.56. The molecule has 0 spiro atoms. The van der Waals surface area contributed by atoms with Gasteiger partial charge in [0.05, 0.1) is 0 Å². The summed E-state index contributed by atoms with van der Waals surface area (Å²) in [4.78, 5) is 13.7. The Kier molecular flexibility index (Phi) is 5.31. The van der Waals surface area contributed by atoms with Crippen molar-refractivity contribution in [1.82, 2.24) is 19.8 Å². The summed E-state index contributed by atoms with van der Waals surface area (Å²) in [6, 6.07) is 2.45. The molecule has 2 heterocycles. The zero-order valence-corrected chi connectivity index (χ0v) is 13.2. The van der Waals surface area contributed by atoms with Gasteiger partial charge in [-0.25, -0.2) is 9.97 Å². The molecule has 112 valence electrons. The van der Waals surface area contributed by atoms with E-state index in [0.29, 0.717) is 6.04 Å². The number of rotatable bonds is 5. The minimum absolute atomic E-state index is 0.434. The van der Waals surface area contributed by atoms with Crippen LogP contribution in [0.4, 0.5) is 5.82 Å². The van der Waals surface area contributed by atoms with Gasteiger partial charge in [0.25, 0.3) is 0 Å². The van der Waals surface area contributed by atoms with E-state index in [1.807, 2.05) is 19.9 Å². The van der Waals surface area contributed by atoms with Crippen molar-refractivity contribution >= 4 is 5.82 Å². The number of piperazine rings is 1. The summed E-state index contributed by atoms with van der Waals surface area (Å²) in [5, 5.41) is 3.48. The van der Waals surface area contributed by atoms with Crippen LogP contribution in [-0.4, -0.2) is 65.6 Å². The Morgan fingerprint density at radius 2 is 1.90 bits per heavy atom. The molecule has 1 aliphatic heterocycles. The number of aromatic nitrogens is 2. The molecule has 1 fully saturated rings. The molecule has 0 aliphatic carbocycles. The Bertz CT molecular complexity index is 406. The van der Waals surface area contributed by atoms with E-state index in [-0.39, 0.29) is 0 Å². The topological polar surface area (TPSA) is 44.3 Å². The minimum Gasteiger partial charge on any atom is -0.367 e. The number of aryl methyl sites for hydroxylation is 2. The molecule has 1 aliphatic rings. The molecule has 5 heteroatoms. The minimum atomic E-state index is 0.434. The number of nitrogens with zero attached hydrogens (tertiary/aromatic N) is 4. The van der Waals surface area contributed by atoms with Gasteiger partial charge in [-0.2, -0.15) is 0 Å². The molecule has 0 aromatic carbocycles. The van der Waals surface area contributed by atoms with Crippen LogP contribution in [0.3, 0.4) is 0 Å². The molecule has 0 bridgehead atoms. The zero-order valence-electron chi connectivity index (χ0n) is 13.2. The van der Waals surface area contributed by atoms with E-state index >= 15 is 0 Å². The summed E-state index contributed by atoms with van der Waals surface area (Å²) in [7, 11) is 2.20. The lowest BCUT2D eigenvalue weighted by molar-refractivity contribution is 0.151. The van der Waals surface area contributed by atoms with Crippen LogP contribution in [-0.2, 0) is 0 Å². The van der Waals surface area contributed by atoms with E-state index < -0.39 is 0 Å².